The van der Waals surface area contributed by atoms with Crippen molar-refractivity contribution in [2.24, 2.45) is 5.92 Å². The Bertz CT molecular complexity index is 565. The van der Waals surface area contributed by atoms with Crippen LogP contribution in [0.1, 0.15) is 19.8 Å². The van der Waals surface area contributed by atoms with Gasteiger partial charge in [0.05, 0.1) is 16.3 Å². The maximum Gasteiger partial charge on any atom is 0.242 e. The normalized spacial score (nSPS) is 17.5. The van der Waals surface area contributed by atoms with Gasteiger partial charge in [-0.2, -0.15) is 0 Å². The minimum atomic E-state index is -3.42. The average Bonchev–Trinajstić information content (AvgIpc) is 3.15. The van der Waals surface area contributed by atoms with Crippen molar-refractivity contribution in [3.63, 3.8) is 0 Å². The van der Waals surface area contributed by atoms with E-state index in [9.17, 15) is 8.42 Å². The molecule has 1 aromatic carbocycles. The van der Waals surface area contributed by atoms with Crippen LogP contribution in [0.3, 0.4) is 0 Å². The fourth-order valence-corrected chi connectivity index (χ4v) is 2.92. The van der Waals surface area contributed by atoms with E-state index >= 15 is 0 Å². The summed E-state index contributed by atoms with van der Waals surface area (Å²) in [4.78, 5) is 0.261. The van der Waals surface area contributed by atoms with Crippen LogP contribution < -0.4 is 11.1 Å². The fourth-order valence-electron chi connectivity index (χ4n) is 1.99. The topological polar surface area (TPSA) is 75.4 Å². The summed E-state index contributed by atoms with van der Waals surface area (Å²) in [6, 6.07) is 5.11. The summed E-state index contributed by atoms with van der Waals surface area (Å²) in [5.74, 6) is 0.675. The number of hydrogen-bond acceptors (Lipinski definition) is 4. The minimum absolute atomic E-state index is 0.261. The molecule has 1 saturated carbocycles. The van der Waals surface area contributed by atoms with Gasteiger partial charge < -0.3 is 11.1 Å². The van der Waals surface area contributed by atoms with E-state index in [-0.39, 0.29) is 4.90 Å². The predicted molar refractivity (Wildman–Crippen MR) is 77.5 cm³/mol. The van der Waals surface area contributed by atoms with E-state index in [1.54, 1.807) is 12.1 Å². The van der Waals surface area contributed by atoms with Gasteiger partial charge in [-0.05, 0) is 43.9 Å². The molecule has 1 unspecified atom stereocenters. The second-order valence-electron chi connectivity index (χ2n) is 5.31. The summed E-state index contributed by atoms with van der Waals surface area (Å²) < 4.78 is 25.4. The van der Waals surface area contributed by atoms with Crippen molar-refractivity contribution < 1.29 is 8.42 Å². The third-order valence-corrected chi connectivity index (χ3v) is 5.33. The Morgan fingerprint density at radius 3 is 2.53 bits per heavy atom. The molecule has 0 amide bonds. The van der Waals surface area contributed by atoms with Crippen molar-refractivity contribution in [1.29, 1.82) is 0 Å². The second-order valence-corrected chi connectivity index (χ2v) is 7.46. The predicted octanol–water partition coefficient (Wildman–Crippen LogP) is 1.73. The third-order valence-electron chi connectivity index (χ3n) is 3.52. The number of rotatable bonds is 5. The summed E-state index contributed by atoms with van der Waals surface area (Å²) in [6.07, 6.45) is 2.45. The number of nitrogens with zero attached hydrogens (tertiary/aromatic N) is 1. The van der Waals surface area contributed by atoms with E-state index in [1.807, 2.05) is 0 Å². The van der Waals surface area contributed by atoms with Crippen LogP contribution in [0.5, 0.6) is 0 Å². The maximum atomic E-state index is 12.1. The number of nitrogens with one attached hydrogen (secondary N) is 1. The molecule has 0 heterocycles. The highest BCUT2D eigenvalue weighted by Gasteiger charge is 2.28. The molecule has 6 heteroatoms. The highest BCUT2D eigenvalue weighted by Crippen LogP contribution is 2.35. The maximum absolute atomic E-state index is 12.1. The molecule has 19 heavy (non-hydrogen) atoms. The number of benzene rings is 1. The zero-order valence-corrected chi connectivity index (χ0v) is 12.4. The van der Waals surface area contributed by atoms with Crippen molar-refractivity contribution in [3.05, 3.63) is 18.2 Å². The van der Waals surface area contributed by atoms with Crippen LogP contribution >= 0.6 is 0 Å². The standard InChI is InChI=1S/C13H21N3O2S/c1-9(10-4-5-10)15-13-8-11(6-7-12(13)14)19(17,18)16(2)3/h6-10,15H,4-5,14H2,1-3H3. The van der Waals surface area contributed by atoms with Gasteiger partial charge in [-0.3, -0.25) is 0 Å². The van der Waals surface area contributed by atoms with Gasteiger partial charge in [0.1, 0.15) is 0 Å². The minimum Gasteiger partial charge on any atom is -0.397 e. The van der Waals surface area contributed by atoms with Crippen molar-refractivity contribution in [2.75, 3.05) is 25.1 Å². The first-order valence-electron chi connectivity index (χ1n) is 6.41. The molecule has 0 saturated heterocycles. The number of sulfonamides is 1. The largest absolute Gasteiger partial charge is 0.397 e. The van der Waals surface area contributed by atoms with Gasteiger partial charge in [0, 0.05) is 20.1 Å². The Labute approximate surface area is 114 Å². The zero-order chi connectivity index (χ0) is 14.2. The molecule has 5 nitrogen and oxygen atoms in total. The van der Waals surface area contributed by atoms with Crippen molar-refractivity contribution in [2.45, 2.75) is 30.7 Å². The highest BCUT2D eigenvalue weighted by atomic mass is 32.2. The lowest BCUT2D eigenvalue weighted by Gasteiger charge is -2.18. The molecule has 3 N–H and O–H groups in total. The Kier molecular flexibility index (Phi) is 3.73. The number of nitrogen functional groups attached to an aromatic ring is 1. The van der Waals surface area contributed by atoms with Crippen molar-refractivity contribution in [1.82, 2.24) is 4.31 Å². The monoisotopic (exact) mass is 283 g/mol. The lowest BCUT2D eigenvalue weighted by atomic mass is 10.2. The molecule has 0 bridgehead atoms. The first-order valence-corrected chi connectivity index (χ1v) is 7.85. The molecule has 0 spiro atoms. The first-order chi connectivity index (χ1) is 8.82. The van der Waals surface area contributed by atoms with Gasteiger partial charge in [-0.15, -0.1) is 0 Å². The van der Waals surface area contributed by atoms with E-state index in [4.69, 9.17) is 5.73 Å². The smallest absolute Gasteiger partial charge is 0.242 e. The van der Waals surface area contributed by atoms with Gasteiger partial charge in [-0.1, -0.05) is 0 Å². The van der Waals surface area contributed by atoms with Crippen LogP contribution in [0, 0.1) is 5.92 Å². The van der Waals surface area contributed by atoms with Crippen LogP contribution in [0.15, 0.2) is 23.1 Å². The van der Waals surface area contributed by atoms with E-state index in [0.29, 0.717) is 23.3 Å². The van der Waals surface area contributed by atoms with Crippen molar-refractivity contribution >= 4 is 21.4 Å². The van der Waals surface area contributed by atoms with E-state index in [0.717, 1.165) is 0 Å². The number of nitrogens with two attached hydrogens (primary N) is 1. The molecule has 1 aromatic rings. The Hall–Kier alpha value is -1.27. The summed E-state index contributed by atoms with van der Waals surface area (Å²) in [5, 5.41) is 3.32. The average molecular weight is 283 g/mol. The van der Waals surface area contributed by atoms with Gasteiger partial charge in [0.2, 0.25) is 10.0 Å². The number of anilines is 2. The Balaban J connectivity index is 2.29. The molecule has 1 fully saturated rings. The summed E-state index contributed by atoms with van der Waals surface area (Å²) >= 11 is 0. The van der Waals surface area contributed by atoms with Gasteiger partial charge in [0.25, 0.3) is 0 Å². The summed E-state index contributed by atoms with van der Waals surface area (Å²) in [7, 11) is -0.380. The SMILES string of the molecule is CC(Nc1cc(S(=O)(=O)N(C)C)ccc1N)C1CC1. The molecule has 0 aliphatic heterocycles. The summed E-state index contributed by atoms with van der Waals surface area (Å²) in [6.45, 7) is 2.10. The molecule has 1 aliphatic rings. The Morgan fingerprint density at radius 1 is 1.37 bits per heavy atom. The van der Waals surface area contributed by atoms with Gasteiger partial charge in [0.15, 0.2) is 0 Å². The Morgan fingerprint density at radius 2 is 2.00 bits per heavy atom. The summed E-state index contributed by atoms with van der Waals surface area (Å²) in [5.41, 5.74) is 7.18. The van der Waals surface area contributed by atoms with Gasteiger partial charge in [-0.25, -0.2) is 12.7 Å². The quantitative estimate of drug-likeness (QED) is 0.807. The molecular weight excluding hydrogens is 262 g/mol. The zero-order valence-electron chi connectivity index (χ0n) is 11.6. The molecule has 0 aromatic heterocycles. The molecule has 2 rings (SSSR count). The molecule has 1 aliphatic carbocycles. The first kappa shape index (κ1) is 14.1. The lowest BCUT2D eigenvalue weighted by molar-refractivity contribution is 0.521. The molecule has 0 radical (unpaired) electrons. The number of hydrogen-bond donors (Lipinski definition) is 2. The van der Waals surface area contributed by atoms with E-state index in [1.165, 1.54) is 37.3 Å². The van der Waals surface area contributed by atoms with Crippen LogP contribution in [-0.4, -0.2) is 32.9 Å². The van der Waals surface area contributed by atoms with E-state index < -0.39 is 10.0 Å². The lowest BCUT2D eigenvalue weighted by Crippen LogP contribution is -2.23. The van der Waals surface area contributed by atoms with Crippen molar-refractivity contribution in [3.8, 4) is 0 Å². The van der Waals surface area contributed by atoms with Gasteiger partial charge >= 0.3 is 0 Å². The van der Waals surface area contributed by atoms with E-state index in [2.05, 4.69) is 12.2 Å². The van der Waals surface area contributed by atoms with Crippen LogP contribution in [0.25, 0.3) is 0 Å². The van der Waals surface area contributed by atoms with Crippen LogP contribution in [-0.2, 0) is 10.0 Å². The fraction of sp³-hybridized carbons (Fsp3) is 0.538. The molecule has 106 valence electrons. The van der Waals surface area contributed by atoms with Crippen LogP contribution in [0.4, 0.5) is 11.4 Å². The molecular formula is C13H21N3O2S. The second kappa shape index (κ2) is 5.02. The highest BCUT2D eigenvalue weighted by molar-refractivity contribution is 7.89. The van der Waals surface area contributed by atoms with Crippen LogP contribution in [0.2, 0.25) is 0 Å². The third kappa shape index (κ3) is 3.01. The molecule has 1 atom stereocenters.